The summed E-state index contributed by atoms with van der Waals surface area (Å²) in [5.74, 6) is 4.85. The molecule has 25 heavy (non-hydrogen) atoms. The Kier molecular flexibility index (Phi) is 6.32. The fourth-order valence-electron chi connectivity index (χ4n) is 4.20. The van der Waals surface area contributed by atoms with Crippen LogP contribution in [0.3, 0.4) is 0 Å². The minimum absolute atomic E-state index is 0.700. The summed E-state index contributed by atoms with van der Waals surface area (Å²) >= 11 is 0. The first kappa shape index (κ1) is 18.2. The predicted octanol–water partition coefficient (Wildman–Crippen LogP) is 2.84. The molecule has 0 amide bonds. The van der Waals surface area contributed by atoms with E-state index in [-0.39, 0.29) is 0 Å². The summed E-state index contributed by atoms with van der Waals surface area (Å²) in [5.41, 5.74) is 0. The number of guanidine groups is 1. The van der Waals surface area contributed by atoms with E-state index in [0.29, 0.717) is 6.54 Å². The van der Waals surface area contributed by atoms with Gasteiger partial charge < -0.3 is 14.8 Å². The van der Waals surface area contributed by atoms with Gasteiger partial charge in [0, 0.05) is 33.6 Å². The molecule has 0 spiro atoms. The second kappa shape index (κ2) is 8.68. The number of nitrogens with one attached hydrogen (secondary N) is 1. The molecule has 6 nitrogen and oxygen atoms in total. The van der Waals surface area contributed by atoms with E-state index in [1.165, 1.54) is 44.9 Å². The van der Waals surface area contributed by atoms with E-state index in [2.05, 4.69) is 43.9 Å². The Morgan fingerprint density at radius 1 is 1.20 bits per heavy atom. The van der Waals surface area contributed by atoms with Crippen molar-refractivity contribution < 1.29 is 0 Å². The van der Waals surface area contributed by atoms with Gasteiger partial charge in [-0.2, -0.15) is 0 Å². The molecule has 0 saturated heterocycles. The summed E-state index contributed by atoms with van der Waals surface area (Å²) in [6.07, 6.45) is 10.2. The van der Waals surface area contributed by atoms with Crippen LogP contribution in [0.25, 0.3) is 0 Å². The second-order valence-electron chi connectivity index (χ2n) is 7.90. The van der Waals surface area contributed by atoms with Crippen molar-refractivity contribution in [2.45, 2.75) is 71.4 Å². The van der Waals surface area contributed by atoms with Crippen LogP contribution < -0.4 is 5.32 Å². The van der Waals surface area contributed by atoms with Crippen molar-refractivity contribution in [3.05, 3.63) is 11.6 Å². The molecule has 0 aromatic carbocycles. The van der Waals surface area contributed by atoms with Crippen molar-refractivity contribution in [3.63, 3.8) is 0 Å². The zero-order valence-electron chi connectivity index (χ0n) is 16.2. The number of aliphatic imine (C=N–C) groups is 1. The fourth-order valence-corrected chi connectivity index (χ4v) is 4.20. The van der Waals surface area contributed by atoms with E-state index in [0.717, 1.165) is 49.0 Å². The molecule has 1 fully saturated rings. The Labute approximate surface area is 152 Å². The van der Waals surface area contributed by atoms with Gasteiger partial charge in [-0.25, -0.2) is 0 Å². The number of hydrogen-bond acceptors (Lipinski definition) is 3. The smallest absolute Gasteiger partial charge is 0.193 e. The summed E-state index contributed by atoms with van der Waals surface area (Å²) in [6, 6.07) is 0. The van der Waals surface area contributed by atoms with Crippen LogP contribution in [-0.4, -0.2) is 46.3 Å². The van der Waals surface area contributed by atoms with Crippen molar-refractivity contribution in [1.82, 2.24) is 25.0 Å². The first-order valence-electron chi connectivity index (χ1n) is 10.00. The lowest BCUT2D eigenvalue weighted by atomic mass is 9.83. The zero-order valence-corrected chi connectivity index (χ0v) is 16.2. The van der Waals surface area contributed by atoms with Gasteiger partial charge in [-0.1, -0.05) is 26.2 Å². The van der Waals surface area contributed by atoms with Crippen molar-refractivity contribution in [2.24, 2.45) is 16.8 Å². The Hall–Kier alpha value is -1.59. The van der Waals surface area contributed by atoms with Crippen LogP contribution >= 0.6 is 0 Å². The number of fused-ring (bicyclic) bond motifs is 1. The molecule has 1 aliphatic carbocycles. The molecule has 0 bridgehead atoms. The lowest BCUT2D eigenvalue weighted by Crippen LogP contribution is -2.41. The van der Waals surface area contributed by atoms with Crippen LogP contribution in [0.5, 0.6) is 0 Å². The minimum Gasteiger partial charge on any atom is -0.349 e. The molecule has 0 atom stereocenters. The highest BCUT2D eigenvalue weighted by atomic mass is 15.3. The average molecular weight is 347 g/mol. The zero-order chi connectivity index (χ0) is 17.6. The first-order valence-corrected chi connectivity index (χ1v) is 10.00. The molecular formula is C19H34N6. The number of rotatable bonds is 4. The van der Waals surface area contributed by atoms with Gasteiger partial charge in [-0.3, -0.25) is 4.99 Å². The van der Waals surface area contributed by atoms with Crippen LogP contribution in [0.1, 0.15) is 63.5 Å². The quantitative estimate of drug-likeness (QED) is 0.673. The molecule has 2 heterocycles. The standard InChI is InChI=1S/C19H34N6/c1-15-8-10-16(11-9-15)14-24(3)19(20-2)21-13-18-23-22-17-7-5-4-6-12-25(17)18/h15-16H,4-14H2,1-3H3,(H,20,21). The van der Waals surface area contributed by atoms with E-state index in [1.807, 2.05) is 7.05 Å². The molecule has 0 unspecified atom stereocenters. The van der Waals surface area contributed by atoms with E-state index in [4.69, 9.17) is 0 Å². The molecular weight excluding hydrogens is 312 g/mol. The van der Waals surface area contributed by atoms with Gasteiger partial charge >= 0.3 is 0 Å². The summed E-state index contributed by atoms with van der Waals surface area (Å²) in [7, 11) is 4.02. The molecule has 1 aromatic heterocycles. The highest BCUT2D eigenvalue weighted by molar-refractivity contribution is 5.79. The normalized spacial score (nSPS) is 24.5. The number of aromatic nitrogens is 3. The van der Waals surface area contributed by atoms with Crippen LogP contribution in [0.2, 0.25) is 0 Å². The topological polar surface area (TPSA) is 58.3 Å². The summed E-state index contributed by atoms with van der Waals surface area (Å²) in [4.78, 5) is 6.75. The van der Waals surface area contributed by atoms with Crippen molar-refractivity contribution in [2.75, 3.05) is 20.6 Å². The van der Waals surface area contributed by atoms with Gasteiger partial charge in [0.1, 0.15) is 5.82 Å². The minimum atomic E-state index is 0.700. The van der Waals surface area contributed by atoms with Crippen molar-refractivity contribution in [1.29, 1.82) is 0 Å². The Bertz CT molecular complexity index is 570. The molecule has 1 N–H and O–H groups in total. The second-order valence-corrected chi connectivity index (χ2v) is 7.90. The Balaban J connectivity index is 1.53. The molecule has 1 aromatic rings. The maximum Gasteiger partial charge on any atom is 0.193 e. The van der Waals surface area contributed by atoms with Gasteiger partial charge in [0.05, 0.1) is 6.54 Å². The summed E-state index contributed by atoms with van der Waals surface area (Å²) in [6.45, 7) is 5.21. The molecule has 140 valence electrons. The van der Waals surface area contributed by atoms with Crippen LogP contribution in [0, 0.1) is 11.8 Å². The molecule has 6 heteroatoms. The summed E-state index contributed by atoms with van der Waals surface area (Å²) in [5, 5.41) is 12.3. The van der Waals surface area contributed by atoms with Gasteiger partial charge in [0.25, 0.3) is 0 Å². The first-order chi connectivity index (χ1) is 12.2. The molecule has 1 aliphatic heterocycles. The van der Waals surface area contributed by atoms with Gasteiger partial charge in [0.2, 0.25) is 0 Å². The van der Waals surface area contributed by atoms with E-state index < -0.39 is 0 Å². The Morgan fingerprint density at radius 3 is 2.76 bits per heavy atom. The number of nitrogens with zero attached hydrogens (tertiary/aromatic N) is 5. The lowest BCUT2D eigenvalue weighted by Gasteiger charge is -2.31. The van der Waals surface area contributed by atoms with Crippen LogP contribution in [0.15, 0.2) is 4.99 Å². The third kappa shape index (κ3) is 4.73. The van der Waals surface area contributed by atoms with Crippen molar-refractivity contribution in [3.8, 4) is 0 Å². The third-order valence-corrected chi connectivity index (χ3v) is 5.83. The fraction of sp³-hybridized carbons (Fsp3) is 0.842. The number of aryl methyl sites for hydroxylation is 1. The third-order valence-electron chi connectivity index (χ3n) is 5.83. The highest BCUT2D eigenvalue weighted by Gasteiger charge is 2.21. The number of hydrogen-bond donors (Lipinski definition) is 1. The van der Waals surface area contributed by atoms with Gasteiger partial charge in [-0.05, 0) is 37.5 Å². The average Bonchev–Trinajstić information content (AvgIpc) is 2.84. The van der Waals surface area contributed by atoms with Crippen molar-refractivity contribution >= 4 is 5.96 Å². The van der Waals surface area contributed by atoms with E-state index in [1.54, 1.807) is 0 Å². The van der Waals surface area contributed by atoms with Crippen LogP contribution in [-0.2, 0) is 19.5 Å². The molecule has 3 rings (SSSR count). The summed E-state index contributed by atoms with van der Waals surface area (Å²) < 4.78 is 2.30. The maximum atomic E-state index is 4.47. The molecule has 0 radical (unpaired) electrons. The molecule has 2 aliphatic rings. The van der Waals surface area contributed by atoms with E-state index >= 15 is 0 Å². The van der Waals surface area contributed by atoms with Crippen LogP contribution in [0.4, 0.5) is 0 Å². The SMILES string of the molecule is CN=C(NCc1nnc2n1CCCCC2)N(C)CC1CCC(C)CC1. The predicted molar refractivity (Wildman–Crippen MR) is 102 cm³/mol. The van der Waals surface area contributed by atoms with Gasteiger partial charge in [0.15, 0.2) is 11.8 Å². The van der Waals surface area contributed by atoms with E-state index in [9.17, 15) is 0 Å². The highest BCUT2D eigenvalue weighted by Crippen LogP contribution is 2.28. The lowest BCUT2D eigenvalue weighted by molar-refractivity contribution is 0.250. The maximum absolute atomic E-state index is 4.47. The monoisotopic (exact) mass is 346 g/mol. The largest absolute Gasteiger partial charge is 0.349 e. The Morgan fingerprint density at radius 2 is 2.00 bits per heavy atom. The molecule has 1 saturated carbocycles. The van der Waals surface area contributed by atoms with Gasteiger partial charge in [-0.15, -0.1) is 10.2 Å².